The Morgan fingerprint density at radius 3 is 2.59 bits per heavy atom. The molecule has 0 amide bonds. The summed E-state index contributed by atoms with van der Waals surface area (Å²) in [6.07, 6.45) is 5.42. The number of benzene rings is 1. The highest BCUT2D eigenvalue weighted by Crippen LogP contribution is 2.46. The van der Waals surface area contributed by atoms with E-state index in [9.17, 15) is 19.4 Å². The van der Waals surface area contributed by atoms with Crippen LogP contribution in [0.2, 0.25) is 0 Å². The van der Waals surface area contributed by atoms with Crippen molar-refractivity contribution in [1.29, 1.82) is 0 Å². The van der Waals surface area contributed by atoms with Crippen molar-refractivity contribution in [3.05, 3.63) is 52.9 Å². The number of hydrogen-bond donors (Lipinski definition) is 3. The number of aliphatic carboxylic acids is 1. The molecular weight excluding hydrogens is 409 g/mol. The van der Waals surface area contributed by atoms with Gasteiger partial charge in [-0.25, -0.2) is 4.39 Å². The van der Waals surface area contributed by atoms with Gasteiger partial charge in [0.25, 0.3) is 0 Å². The number of carbonyl (C=O) groups is 1. The van der Waals surface area contributed by atoms with E-state index in [1.54, 1.807) is 13.0 Å². The van der Waals surface area contributed by atoms with E-state index >= 15 is 0 Å². The molecule has 6 heteroatoms. The molecule has 176 valence electrons. The number of rotatable bonds is 8. The molecule has 0 aromatic heterocycles. The SMILES string of the molecule is Cc1cc(C2=C(/C=C/C(O)CC(O)CC(=O)O)C(C)(C)CC(N3CCCC3)C2)ccc1F. The van der Waals surface area contributed by atoms with Gasteiger partial charge in [0.2, 0.25) is 0 Å². The molecule has 1 fully saturated rings. The first kappa shape index (κ1) is 24.6. The predicted octanol–water partition coefficient (Wildman–Crippen LogP) is 4.31. The fourth-order valence-corrected chi connectivity index (χ4v) is 5.17. The molecule has 5 nitrogen and oxygen atoms in total. The molecule has 2 aliphatic rings. The van der Waals surface area contributed by atoms with Gasteiger partial charge in [-0.15, -0.1) is 0 Å². The third-order valence-electron chi connectivity index (χ3n) is 6.81. The van der Waals surface area contributed by atoms with Crippen molar-refractivity contribution in [3.8, 4) is 0 Å². The minimum atomic E-state index is -1.10. The molecule has 3 unspecified atom stereocenters. The average Bonchev–Trinajstić information content (AvgIpc) is 3.22. The fraction of sp³-hybridized carbons (Fsp3) is 0.577. The normalized spacial score (nSPS) is 23.6. The van der Waals surface area contributed by atoms with Crippen LogP contribution in [0.5, 0.6) is 0 Å². The lowest BCUT2D eigenvalue weighted by molar-refractivity contribution is -0.139. The Hall–Kier alpha value is -2.02. The minimum Gasteiger partial charge on any atom is -0.481 e. The largest absolute Gasteiger partial charge is 0.481 e. The van der Waals surface area contributed by atoms with Gasteiger partial charge in [-0.3, -0.25) is 4.79 Å². The first-order valence-corrected chi connectivity index (χ1v) is 11.6. The second kappa shape index (κ2) is 10.3. The molecule has 3 atom stereocenters. The zero-order valence-electron chi connectivity index (χ0n) is 19.4. The number of halogens is 1. The van der Waals surface area contributed by atoms with Crippen LogP contribution in [0.4, 0.5) is 4.39 Å². The van der Waals surface area contributed by atoms with Crippen molar-refractivity contribution in [2.45, 2.75) is 77.5 Å². The molecule has 1 aliphatic carbocycles. The van der Waals surface area contributed by atoms with E-state index in [1.165, 1.54) is 18.9 Å². The molecule has 1 aromatic carbocycles. The highest BCUT2D eigenvalue weighted by atomic mass is 19.1. The standard InChI is InChI=1S/C26H36FNO4/c1-17-12-18(6-9-24(17)27)22-13-19(28-10-4-5-11-28)16-26(2,3)23(22)8-7-20(29)14-21(30)15-25(31)32/h6-9,12,19-21,29-30H,4-5,10-11,13-16H2,1-3H3,(H,31,32)/b8-7+. The van der Waals surface area contributed by atoms with Crippen LogP contribution in [0.1, 0.15) is 63.5 Å². The number of aliphatic hydroxyl groups is 2. The van der Waals surface area contributed by atoms with Gasteiger partial charge in [0.15, 0.2) is 0 Å². The first-order valence-electron chi connectivity index (χ1n) is 11.6. The summed E-state index contributed by atoms with van der Waals surface area (Å²) in [6, 6.07) is 5.67. The van der Waals surface area contributed by atoms with Crippen molar-refractivity contribution in [2.24, 2.45) is 5.41 Å². The van der Waals surface area contributed by atoms with Crippen molar-refractivity contribution in [1.82, 2.24) is 4.90 Å². The lowest BCUT2D eigenvalue weighted by atomic mass is 9.68. The van der Waals surface area contributed by atoms with Gasteiger partial charge in [-0.2, -0.15) is 0 Å². The average molecular weight is 446 g/mol. The maximum Gasteiger partial charge on any atom is 0.305 e. The second-order valence-electron chi connectivity index (χ2n) is 9.96. The highest BCUT2D eigenvalue weighted by molar-refractivity contribution is 5.74. The van der Waals surface area contributed by atoms with Crippen LogP contribution < -0.4 is 0 Å². The molecule has 1 aliphatic heterocycles. The zero-order chi connectivity index (χ0) is 23.5. The van der Waals surface area contributed by atoms with Crippen LogP contribution in [0, 0.1) is 18.2 Å². The van der Waals surface area contributed by atoms with Gasteiger partial charge < -0.3 is 20.2 Å². The van der Waals surface area contributed by atoms with Crippen molar-refractivity contribution in [2.75, 3.05) is 13.1 Å². The van der Waals surface area contributed by atoms with Crippen LogP contribution in [-0.2, 0) is 4.79 Å². The lowest BCUT2D eigenvalue weighted by Gasteiger charge is -2.42. The molecule has 0 saturated carbocycles. The van der Waals surface area contributed by atoms with Crippen LogP contribution in [0.15, 0.2) is 35.9 Å². The third kappa shape index (κ3) is 6.06. The van der Waals surface area contributed by atoms with Crippen molar-refractivity contribution >= 4 is 11.5 Å². The Kier molecular flexibility index (Phi) is 7.91. The molecule has 0 bridgehead atoms. The fourth-order valence-electron chi connectivity index (χ4n) is 5.17. The Labute approximate surface area is 190 Å². The number of allylic oxidation sites excluding steroid dienone is 2. The lowest BCUT2D eigenvalue weighted by Crippen LogP contribution is -2.40. The van der Waals surface area contributed by atoms with Crippen LogP contribution in [-0.4, -0.2) is 57.5 Å². The van der Waals surface area contributed by atoms with Gasteiger partial charge in [0.05, 0.1) is 18.6 Å². The quantitative estimate of drug-likeness (QED) is 0.555. The molecule has 3 N–H and O–H groups in total. The summed E-state index contributed by atoms with van der Waals surface area (Å²) in [5.41, 5.74) is 3.72. The van der Waals surface area contributed by atoms with Gasteiger partial charge in [0.1, 0.15) is 5.82 Å². The van der Waals surface area contributed by atoms with Gasteiger partial charge in [-0.1, -0.05) is 32.1 Å². The number of aryl methyl sites for hydroxylation is 1. The van der Waals surface area contributed by atoms with Crippen LogP contribution >= 0.6 is 0 Å². The summed E-state index contributed by atoms with van der Waals surface area (Å²) >= 11 is 0. The molecule has 1 saturated heterocycles. The first-order chi connectivity index (χ1) is 15.1. The number of carboxylic acids is 1. The van der Waals surface area contributed by atoms with Gasteiger partial charge in [-0.05, 0) is 85.5 Å². The summed E-state index contributed by atoms with van der Waals surface area (Å²) in [4.78, 5) is 13.3. The zero-order valence-corrected chi connectivity index (χ0v) is 19.4. The minimum absolute atomic E-state index is 0.0299. The topological polar surface area (TPSA) is 81.0 Å². The summed E-state index contributed by atoms with van der Waals surface area (Å²) in [5, 5.41) is 29.0. The van der Waals surface area contributed by atoms with E-state index in [4.69, 9.17) is 5.11 Å². The van der Waals surface area contributed by atoms with Crippen LogP contribution in [0.3, 0.4) is 0 Å². The maximum atomic E-state index is 14.0. The Balaban J connectivity index is 1.93. The number of nitrogens with zero attached hydrogens (tertiary/aromatic N) is 1. The molecule has 0 radical (unpaired) electrons. The number of likely N-dealkylation sites (tertiary alicyclic amines) is 1. The molecule has 1 aromatic rings. The number of aliphatic hydroxyl groups excluding tert-OH is 2. The second-order valence-corrected chi connectivity index (χ2v) is 9.96. The Bertz CT molecular complexity index is 886. The molecular formula is C26H36FNO4. The highest BCUT2D eigenvalue weighted by Gasteiger charge is 2.37. The van der Waals surface area contributed by atoms with E-state index in [0.717, 1.165) is 42.6 Å². The van der Waals surface area contributed by atoms with E-state index < -0.39 is 24.6 Å². The molecule has 0 spiro atoms. The van der Waals surface area contributed by atoms with Crippen molar-refractivity contribution in [3.63, 3.8) is 0 Å². The van der Waals surface area contributed by atoms with E-state index in [2.05, 4.69) is 18.7 Å². The summed E-state index contributed by atoms with van der Waals surface area (Å²) in [6.45, 7) is 8.41. The van der Waals surface area contributed by atoms with Gasteiger partial charge in [0, 0.05) is 12.5 Å². The molecule has 32 heavy (non-hydrogen) atoms. The molecule has 3 rings (SSSR count). The number of carboxylic acid groups (broad SMARTS) is 1. The van der Waals surface area contributed by atoms with Crippen molar-refractivity contribution < 1.29 is 24.5 Å². The maximum absolute atomic E-state index is 14.0. The summed E-state index contributed by atoms with van der Waals surface area (Å²) < 4.78 is 14.0. The number of hydrogen-bond acceptors (Lipinski definition) is 4. The van der Waals surface area contributed by atoms with E-state index in [-0.39, 0.29) is 17.7 Å². The van der Waals surface area contributed by atoms with Crippen LogP contribution in [0.25, 0.3) is 5.57 Å². The monoisotopic (exact) mass is 445 g/mol. The summed E-state index contributed by atoms with van der Waals surface area (Å²) in [7, 11) is 0. The Morgan fingerprint density at radius 2 is 1.97 bits per heavy atom. The molecule has 1 heterocycles. The smallest absolute Gasteiger partial charge is 0.305 e. The third-order valence-corrected chi connectivity index (χ3v) is 6.81. The summed E-state index contributed by atoms with van der Waals surface area (Å²) in [5.74, 6) is -1.31. The van der Waals surface area contributed by atoms with E-state index in [0.29, 0.717) is 11.6 Å². The van der Waals surface area contributed by atoms with Gasteiger partial charge >= 0.3 is 5.97 Å². The Morgan fingerprint density at radius 1 is 1.28 bits per heavy atom. The predicted molar refractivity (Wildman–Crippen MR) is 124 cm³/mol. The van der Waals surface area contributed by atoms with E-state index in [1.807, 2.05) is 18.2 Å².